The van der Waals surface area contributed by atoms with E-state index in [4.69, 9.17) is 11.6 Å². The molecule has 2 rings (SSSR count). The number of nitrogens with one attached hydrogen (secondary N) is 1. The summed E-state index contributed by atoms with van der Waals surface area (Å²) in [6.45, 7) is 1.94. The Balaban J connectivity index is 2.11. The van der Waals surface area contributed by atoms with Crippen LogP contribution in [0.5, 0.6) is 0 Å². The van der Waals surface area contributed by atoms with Crippen molar-refractivity contribution in [1.82, 2.24) is 0 Å². The Bertz CT molecular complexity index is 705. The third-order valence-electron chi connectivity index (χ3n) is 2.62. The van der Waals surface area contributed by atoms with Crippen molar-refractivity contribution >= 4 is 33.4 Å². The minimum atomic E-state index is -3.52. The highest BCUT2D eigenvalue weighted by Crippen LogP contribution is 2.14. The van der Waals surface area contributed by atoms with Crippen LogP contribution in [0.25, 0.3) is 6.08 Å². The van der Waals surface area contributed by atoms with Crippen molar-refractivity contribution in [2.75, 3.05) is 4.72 Å². The smallest absolute Gasteiger partial charge is 0.255 e. The van der Waals surface area contributed by atoms with E-state index in [1.165, 1.54) is 6.08 Å². The quantitative estimate of drug-likeness (QED) is 0.926. The SMILES string of the molecule is Cc1ccc(NS(=O)(=O)/C=C/c2ccc(Cl)cc2)cc1. The van der Waals surface area contributed by atoms with Gasteiger partial charge in [0.2, 0.25) is 0 Å². The molecule has 2 aromatic rings. The highest BCUT2D eigenvalue weighted by atomic mass is 35.5. The standard InChI is InChI=1S/C15H14ClNO2S/c1-12-2-8-15(9-3-12)17-20(18,19)11-10-13-4-6-14(16)7-5-13/h2-11,17H,1H3/b11-10+. The van der Waals surface area contributed by atoms with Gasteiger partial charge in [-0.3, -0.25) is 4.72 Å². The fraction of sp³-hybridized carbons (Fsp3) is 0.0667. The molecule has 2 aromatic carbocycles. The van der Waals surface area contributed by atoms with Gasteiger partial charge < -0.3 is 0 Å². The molecule has 5 heteroatoms. The zero-order chi connectivity index (χ0) is 14.6. The minimum Gasteiger partial charge on any atom is -0.280 e. The van der Waals surface area contributed by atoms with Gasteiger partial charge in [0, 0.05) is 10.7 Å². The number of halogens is 1. The summed E-state index contributed by atoms with van der Waals surface area (Å²) < 4.78 is 26.3. The summed E-state index contributed by atoms with van der Waals surface area (Å²) in [5, 5.41) is 1.75. The predicted molar refractivity (Wildman–Crippen MR) is 84.2 cm³/mol. The van der Waals surface area contributed by atoms with E-state index in [9.17, 15) is 8.42 Å². The van der Waals surface area contributed by atoms with Crippen LogP contribution >= 0.6 is 11.6 Å². The maximum atomic E-state index is 11.9. The van der Waals surface area contributed by atoms with Crippen LogP contribution in [0.4, 0.5) is 5.69 Å². The van der Waals surface area contributed by atoms with Gasteiger partial charge in [-0.2, -0.15) is 0 Å². The Morgan fingerprint density at radius 1 is 1.00 bits per heavy atom. The number of hydrogen-bond acceptors (Lipinski definition) is 2. The largest absolute Gasteiger partial charge is 0.280 e. The summed E-state index contributed by atoms with van der Waals surface area (Å²) in [6, 6.07) is 14.1. The minimum absolute atomic E-state index is 0.538. The summed E-state index contributed by atoms with van der Waals surface area (Å²) in [5.41, 5.74) is 2.38. The second kappa shape index (κ2) is 6.11. The van der Waals surface area contributed by atoms with Gasteiger partial charge in [-0.05, 0) is 42.8 Å². The van der Waals surface area contributed by atoms with Crippen LogP contribution in [0, 0.1) is 6.92 Å². The summed E-state index contributed by atoms with van der Waals surface area (Å²) in [5.74, 6) is 0. The first-order chi connectivity index (χ1) is 9.44. The van der Waals surface area contributed by atoms with E-state index < -0.39 is 10.0 Å². The van der Waals surface area contributed by atoms with Crippen LogP contribution in [0.1, 0.15) is 11.1 Å². The Labute approximate surface area is 124 Å². The normalized spacial score (nSPS) is 11.7. The molecule has 0 saturated carbocycles. The maximum absolute atomic E-state index is 11.9. The topological polar surface area (TPSA) is 46.2 Å². The first kappa shape index (κ1) is 14.6. The van der Waals surface area contributed by atoms with Crippen molar-refractivity contribution in [3.05, 3.63) is 70.1 Å². The van der Waals surface area contributed by atoms with Crippen molar-refractivity contribution in [3.63, 3.8) is 0 Å². The van der Waals surface area contributed by atoms with Gasteiger partial charge >= 0.3 is 0 Å². The lowest BCUT2D eigenvalue weighted by molar-refractivity contribution is 0.609. The predicted octanol–water partition coefficient (Wildman–Crippen LogP) is 4.06. The third kappa shape index (κ3) is 4.40. The average Bonchev–Trinajstić information content (AvgIpc) is 2.41. The van der Waals surface area contributed by atoms with Crippen molar-refractivity contribution in [3.8, 4) is 0 Å². The van der Waals surface area contributed by atoms with Gasteiger partial charge in [0.05, 0.1) is 5.41 Å². The highest BCUT2D eigenvalue weighted by Gasteiger charge is 2.05. The van der Waals surface area contributed by atoms with E-state index in [1.807, 2.05) is 19.1 Å². The molecule has 20 heavy (non-hydrogen) atoms. The van der Waals surface area contributed by atoms with Gasteiger partial charge in [-0.15, -0.1) is 0 Å². The van der Waals surface area contributed by atoms with Gasteiger partial charge in [-0.25, -0.2) is 8.42 Å². The molecule has 0 bridgehead atoms. The van der Waals surface area contributed by atoms with E-state index in [0.29, 0.717) is 10.7 Å². The van der Waals surface area contributed by atoms with Crippen molar-refractivity contribution in [2.24, 2.45) is 0 Å². The molecule has 0 aliphatic heterocycles. The highest BCUT2D eigenvalue weighted by molar-refractivity contribution is 7.95. The van der Waals surface area contributed by atoms with Crippen LogP contribution in [-0.2, 0) is 10.0 Å². The fourth-order valence-electron chi connectivity index (χ4n) is 1.56. The first-order valence-electron chi connectivity index (χ1n) is 5.98. The Morgan fingerprint density at radius 2 is 1.60 bits per heavy atom. The lowest BCUT2D eigenvalue weighted by Gasteiger charge is -2.04. The summed E-state index contributed by atoms with van der Waals surface area (Å²) in [4.78, 5) is 0. The lowest BCUT2D eigenvalue weighted by Crippen LogP contribution is -2.08. The zero-order valence-electron chi connectivity index (χ0n) is 10.9. The van der Waals surface area contributed by atoms with Gasteiger partial charge in [0.15, 0.2) is 0 Å². The molecular formula is C15H14ClNO2S. The Hall–Kier alpha value is -1.78. The molecule has 0 unspecified atom stereocenters. The summed E-state index contributed by atoms with van der Waals surface area (Å²) in [6.07, 6.45) is 1.52. The third-order valence-corrected chi connectivity index (χ3v) is 3.89. The number of rotatable bonds is 4. The maximum Gasteiger partial charge on any atom is 0.255 e. The van der Waals surface area contributed by atoms with Gasteiger partial charge in [0.25, 0.3) is 10.0 Å². The van der Waals surface area contributed by atoms with E-state index in [-0.39, 0.29) is 0 Å². The molecule has 0 fully saturated rings. The number of benzene rings is 2. The molecule has 0 aliphatic rings. The molecule has 1 N–H and O–H groups in total. The van der Waals surface area contributed by atoms with Crippen LogP contribution in [0.15, 0.2) is 53.9 Å². The monoisotopic (exact) mass is 307 g/mol. The molecule has 0 spiro atoms. The summed E-state index contributed by atoms with van der Waals surface area (Å²) >= 11 is 5.77. The molecule has 0 heterocycles. The number of anilines is 1. The van der Waals surface area contributed by atoms with Crippen molar-refractivity contribution < 1.29 is 8.42 Å². The van der Waals surface area contributed by atoms with Crippen molar-refractivity contribution in [2.45, 2.75) is 6.92 Å². The molecule has 3 nitrogen and oxygen atoms in total. The summed E-state index contributed by atoms with van der Waals surface area (Å²) in [7, 11) is -3.52. The number of sulfonamides is 1. The fourth-order valence-corrected chi connectivity index (χ4v) is 2.56. The molecule has 0 aromatic heterocycles. The van der Waals surface area contributed by atoms with Crippen molar-refractivity contribution in [1.29, 1.82) is 0 Å². The molecule has 0 atom stereocenters. The Kier molecular flexibility index (Phi) is 4.47. The van der Waals surface area contributed by atoms with E-state index in [2.05, 4.69) is 4.72 Å². The van der Waals surface area contributed by atoms with Crippen LogP contribution < -0.4 is 4.72 Å². The van der Waals surface area contributed by atoms with Gasteiger partial charge in [-0.1, -0.05) is 41.4 Å². The number of aryl methyl sites for hydroxylation is 1. The van der Waals surface area contributed by atoms with E-state index in [1.54, 1.807) is 36.4 Å². The number of hydrogen-bond donors (Lipinski definition) is 1. The molecule has 0 radical (unpaired) electrons. The van der Waals surface area contributed by atoms with E-state index in [0.717, 1.165) is 16.5 Å². The first-order valence-corrected chi connectivity index (χ1v) is 7.90. The van der Waals surface area contributed by atoms with E-state index >= 15 is 0 Å². The second-order valence-electron chi connectivity index (χ2n) is 4.37. The second-order valence-corrected chi connectivity index (χ2v) is 6.37. The molecule has 0 amide bonds. The zero-order valence-corrected chi connectivity index (χ0v) is 12.4. The lowest BCUT2D eigenvalue weighted by atomic mass is 10.2. The molecule has 0 aliphatic carbocycles. The Morgan fingerprint density at radius 3 is 2.20 bits per heavy atom. The molecular weight excluding hydrogens is 294 g/mol. The molecule has 104 valence electrons. The van der Waals surface area contributed by atoms with Crippen LogP contribution in [0.2, 0.25) is 5.02 Å². The van der Waals surface area contributed by atoms with Gasteiger partial charge in [0.1, 0.15) is 0 Å². The van der Waals surface area contributed by atoms with Crippen LogP contribution in [0.3, 0.4) is 0 Å². The van der Waals surface area contributed by atoms with Crippen LogP contribution in [-0.4, -0.2) is 8.42 Å². The average molecular weight is 308 g/mol. The molecule has 0 saturated heterocycles.